The molecule has 0 aromatic carbocycles. The number of carbonyl (C=O) groups is 2. The molecule has 1 aliphatic rings. The molecule has 1 saturated heterocycles. The first-order valence-electron chi connectivity index (χ1n) is 3.99. The molecule has 7 heteroatoms. The number of hydrogen-bond donors (Lipinski definition) is 0. The van der Waals surface area contributed by atoms with Crippen molar-refractivity contribution in [2.75, 3.05) is 14.2 Å². The lowest BCUT2D eigenvalue weighted by molar-refractivity contribution is -0.163. The lowest BCUT2D eigenvalue weighted by atomic mass is 10.2. The summed E-state index contributed by atoms with van der Waals surface area (Å²) < 4.78 is 25.4. The van der Waals surface area contributed by atoms with Gasteiger partial charge in [-0.25, -0.2) is 0 Å². The van der Waals surface area contributed by atoms with Crippen LogP contribution in [0.3, 0.4) is 0 Å². The van der Waals surface area contributed by atoms with E-state index in [1.807, 2.05) is 0 Å². The molecule has 1 unspecified atom stereocenters. The summed E-state index contributed by atoms with van der Waals surface area (Å²) in [4.78, 5) is 21.9. The zero-order valence-corrected chi connectivity index (χ0v) is 8.78. The highest BCUT2D eigenvalue weighted by molar-refractivity contribution is 7.55. The van der Waals surface area contributed by atoms with E-state index in [2.05, 4.69) is 13.8 Å². The fraction of sp³-hybridized carbons (Fsp3) is 0.714. The van der Waals surface area contributed by atoms with Crippen LogP contribution in [0.25, 0.3) is 0 Å². The molecular formula is C7H11O6P. The molecule has 80 valence electrons. The van der Waals surface area contributed by atoms with Gasteiger partial charge >= 0.3 is 19.5 Å². The van der Waals surface area contributed by atoms with Crippen LogP contribution in [0, 0.1) is 0 Å². The maximum Gasteiger partial charge on any atom is 0.344 e. The highest BCUT2D eigenvalue weighted by Crippen LogP contribution is 2.54. The Hall–Kier alpha value is -0.710. The predicted octanol–water partition coefficient (Wildman–Crippen LogP) is 0.704. The third-order valence-electron chi connectivity index (χ3n) is 2.00. The largest absolute Gasteiger partial charge is 0.392 e. The van der Waals surface area contributed by atoms with Gasteiger partial charge in [-0.1, -0.05) is 0 Å². The van der Waals surface area contributed by atoms with E-state index in [0.717, 1.165) is 0 Å². The lowest BCUT2D eigenvalue weighted by Gasteiger charge is -2.24. The van der Waals surface area contributed by atoms with Crippen LogP contribution in [0.4, 0.5) is 0 Å². The van der Waals surface area contributed by atoms with Gasteiger partial charge in [-0.15, -0.1) is 0 Å². The number of cyclic esters (lactones) is 2. The number of hydrogen-bond acceptors (Lipinski definition) is 6. The number of esters is 2. The molecule has 1 aliphatic heterocycles. The van der Waals surface area contributed by atoms with Crippen LogP contribution in [0.15, 0.2) is 0 Å². The fourth-order valence-electron chi connectivity index (χ4n) is 1.22. The summed E-state index contributed by atoms with van der Waals surface area (Å²) in [6, 6.07) is 0. The monoisotopic (exact) mass is 222 g/mol. The van der Waals surface area contributed by atoms with Crippen molar-refractivity contribution >= 4 is 19.5 Å². The number of rotatable bonds is 3. The van der Waals surface area contributed by atoms with E-state index in [1.165, 1.54) is 14.2 Å². The molecule has 0 saturated carbocycles. The number of ether oxygens (including phenoxy) is 1. The van der Waals surface area contributed by atoms with E-state index >= 15 is 0 Å². The number of carbonyl (C=O) groups excluding carboxylic acids is 2. The zero-order chi connectivity index (χ0) is 10.8. The van der Waals surface area contributed by atoms with Gasteiger partial charge < -0.3 is 13.8 Å². The molecule has 1 heterocycles. The Balaban J connectivity index is 2.83. The summed E-state index contributed by atoms with van der Waals surface area (Å²) in [5.41, 5.74) is -0.991. The molecule has 1 atom stereocenters. The highest BCUT2D eigenvalue weighted by Gasteiger charge is 2.44. The van der Waals surface area contributed by atoms with Crippen molar-refractivity contribution in [3.63, 3.8) is 0 Å². The molecule has 14 heavy (non-hydrogen) atoms. The van der Waals surface area contributed by atoms with Crippen molar-refractivity contribution < 1.29 is 27.9 Å². The first-order valence-corrected chi connectivity index (χ1v) is 5.60. The Bertz CT molecular complexity index is 291. The van der Waals surface area contributed by atoms with Crippen molar-refractivity contribution in [2.45, 2.75) is 18.5 Å². The van der Waals surface area contributed by atoms with Crippen LogP contribution in [0.2, 0.25) is 0 Å². The first kappa shape index (κ1) is 11.4. The molecule has 0 radical (unpaired) electrons. The molecule has 0 bridgehead atoms. The minimum absolute atomic E-state index is 0.0487. The van der Waals surface area contributed by atoms with Crippen LogP contribution in [-0.2, 0) is 27.9 Å². The molecule has 0 aromatic rings. The lowest BCUT2D eigenvalue weighted by Crippen LogP contribution is -2.32. The van der Waals surface area contributed by atoms with Gasteiger partial charge in [0.2, 0.25) is 0 Å². The van der Waals surface area contributed by atoms with Crippen molar-refractivity contribution in [3.8, 4) is 0 Å². The van der Waals surface area contributed by atoms with Gasteiger partial charge in [0.25, 0.3) is 0 Å². The molecule has 0 spiro atoms. The summed E-state index contributed by atoms with van der Waals surface area (Å²) >= 11 is 0. The van der Waals surface area contributed by atoms with Gasteiger partial charge in [0.1, 0.15) is 0 Å². The van der Waals surface area contributed by atoms with E-state index in [1.54, 1.807) is 0 Å². The molecule has 0 aromatic heterocycles. The third-order valence-corrected chi connectivity index (χ3v) is 4.25. The molecular weight excluding hydrogens is 211 g/mol. The molecule has 0 amide bonds. The van der Waals surface area contributed by atoms with Crippen molar-refractivity contribution in [3.05, 3.63) is 0 Å². The standard InChI is InChI=1S/C7H11O6P/c1-11-14(10,12-2)5-3-4-6(8)13-7(5)9/h5H,3-4H2,1-2H3. The quantitative estimate of drug-likeness (QED) is 0.397. The maximum atomic E-state index is 11.8. The van der Waals surface area contributed by atoms with Crippen molar-refractivity contribution in [1.29, 1.82) is 0 Å². The van der Waals surface area contributed by atoms with E-state index in [4.69, 9.17) is 0 Å². The average molecular weight is 222 g/mol. The minimum Gasteiger partial charge on any atom is -0.392 e. The van der Waals surface area contributed by atoms with Crippen LogP contribution in [-0.4, -0.2) is 31.8 Å². The van der Waals surface area contributed by atoms with Gasteiger partial charge in [0.05, 0.1) is 0 Å². The van der Waals surface area contributed by atoms with Gasteiger partial charge in [-0.2, -0.15) is 0 Å². The summed E-state index contributed by atoms with van der Waals surface area (Å²) in [7, 11) is -1.09. The zero-order valence-electron chi connectivity index (χ0n) is 7.89. The molecule has 6 nitrogen and oxygen atoms in total. The molecule has 1 fully saturated rings. The molecule has 0 N–H and O–H groups in total. The second-order valence-corrected chi connectivity index (χ2v) is 5.19. The maximum absolute atomic E-state index is 11.8. The normalized spacial score (nSPS) is 23.4. The first-order chi connectivity index (χ1) is 6.53. The summed E-state index contributed by atoms with van der Waals surface area (Å²) in [6.07, 6.45) is 0.184. The Morgan fingerprint density at radius 2 is 1.93 bits per heavy atom. The Morgan fingerprint density at radius 3 is 2.36 bits per heavy atom. The summed E-state index contributed by atoms with van der Waals surface area (Å²) in [5, 5.41) is 0. The topological polar surface area (TPSA) is 78.9 Å². The summed E-state index contributed by atoms with van der Waals surface area (Å²) in [5.74, 6) is -1.45. The van der Waals surface area contributed by atoms with Gasteiger partial charge in [-0.05, 0) is 6.42 Å². The minimum atomic E-state index is -3.47. The Labute approximate surface area is 81.0 Å². The second-order valence-electron chi connectivity index (χ2n) is 2.75. The third kappa shape index (κ3) is 2.03. The smallest absolute Gasteiger partial charge is 0.344 e. The van der Waals surface area contributed by atoms with Crippen LogP contribution < -0.4 is 0 Å². The predicted molar refractivity (Wildman–Crippen MR) is 45.7 cm³/mol. The highest BCUT2D eigenvalue weighted by atomic mass is 31.2. The van der Waals surface area contributed by atoms with Crippen molar-refractivity contribution in [1.82, 2.24) is 0 Å². The van der Waals surface area contributed by atoms with E-state index in [-0.39, 0.29) is 12.8 Å². The van der Waals surface area contributed by atoms with Crippen molar-refractivity contribution in [2.24, 2.45) is 0 Å². The van der Waals surface area contributed by atoms with Crippen LogP contribution >= 0.6 is 7.60 Å². The van der Waals surface area contributed by atoms with E-state index in [9.17, 15) is 14.2 Å². The Morgan fingerprint density at radius 1 is 1.36 bits per heavy atom. The van der Waals surface area contributed by atoms with Crippen LogP contribution in [0.5, 0.6) is 0 Å². The fourth-order valence-corrected chi connectivity index (χ4v) is 2.63. The van der Waals surface area contributed by atoms with Gasteiger partial charge in [0.15, 0.2) is 5.66 Å². The van der Waals surface area contributed by atoms with E-state index in [0.29, 0.717) is 0 Å². The SMILES string of the molecule is COP(=O)(OC)C1CCC(=O)OC1=O. The van der Waals surface area contributed by atoms with Gasteiger partial charge in [0, 0.05) is 20.6 Å². The Kier molecular flexibility index (Phi) is 3.42. The van der Waals surface area contributed by atoms with E-state index < -0.39 is 25.2 Å². The van der Waals surface area contributed by atoms with Crippen LogP contribution in [0.1, 0.15) is 12.8 Å². The summed E-state index contributed by atoms with van der Waals surface area (Å²) in [6.45, 7) is 0. The molecule has 0 aliphatic carbocycles. The average Bonchev–Trinajstić information content (AvgIpc) is 2.17. The molecule has 1 rings (SSSR count). The second kappa shape index (κ2) is 4.21. The van der Waals surface area contributed by atoms with Gasteiger partial charge in [-0.3, -0.25) is 14.2 Å².